The summed E-state index contributed by atoms with van der Waals surface area (Å²) < 4.78 is 3.74. The Morgan fingerprint density at radius 2 is 2.31 bits per heavy atom. The Morgan fingerprint density at radius 3 is 2.75 bits per heavy atom. The minimum atomic E-state index is -0.0868. The first-order chi connectivity index (χ1) is 7.43. The smallest absolute Gasteiger partial charge is 0.267 e. The van der Waals surface area contributed by atoms with Crippen LogP contribution in [0, 0.1) is 6.92 Å². The van der Waals surface area contributed by atoms with Gasteiger partial charge >= 0.3 is 0 Å². The van der Waals surface area contributed by atoms with Crippen LogP contribution in [0.15, 0.2) is 0 Å². The standard InChI is InChI=1S/C9H14N4OS2/c1-5(4-7(10)15)13(3)9(14)8-6(2)11-12-16-8/h5H,4H2,1-3H3,(H2,10,15). The van der Waals surface area contributed by atoms with Crippen LogP contribution in [-0.4, -0.2) is 38.5 Å². The molecule has 0 saturated carbocycles. The van der Waals surface area contributed by atoms with Gasteiger partial charge < -0.3 is 10.6 Å². The second-order valence-electron chi connectivity index (χ2n) is 3.62. The lowest BCUT2D eigenvalue weighted by Crippen LogP contribution is -2.37. The molecule has 0 fully saturated rings. The van der Waals surface area contributed by atoms with Crippen molar-refractivity contribution in [2.24, 2.45) is 5.73 Å². The molecule has 7 heteroatoms. The Hall–Kier alpha value is -1.08. The lowest BCUT2D eigenvalue weighted by Gasteiger charge is -2.23. The molecule has 2 N–H and O–H groups in total. The zero-order valence-electron chi connectivity index (χ0n) is 9.43. The van der Waals surface area contributed by atoms with Crippen LogP contribution in [0.5, 0.6) is 0 Å². The number of hydrogen-bond donors (Lipinski definition) is 1. The molecule has 16 heavy (non-hydrogen) atoms. The van der Waals surface area contributed by atoms with E-state index in [1.807, 2.05) is 6.92 Å². The number of carbonyl (C=O) groups excluding carboxylic acids is 1. The summed E-state index contributed by atoms with van der Waals surface area (Å²) in [4.78, 5) is 14.6. The van der Waals surface area contributed by atoms with Crippen molar-refractivity contribution in [2.45, 2.75) is 26.3 Å². The Kier molecular flexibility index (Phi) is 4.31. The number of amides is 1. The van der Waals surface area contributed by atoms with Gasteiger partial charge in [0.15, 0.2) is 0 Å². The number of thiocarbonyl (C=S) groups is 1. The van der Waals surface area contributed by atoms with Gasteiger partial charge in [0.1, 0.15) is 4.88 Å². The van der Waals surface area contributed by atoms with Crippen molar-refractivity contribution in [1.29, 1.82) is 0 Å². The van der Waals surface area contributed by atoms with Crippen LogP contribution < -0.4 is 5.73 Å². The molecule has 88 valence electrons. The third kappa shape index (κ3) is 2.96. The Balaban J connectivity index is 2.75. The van der Waals surface area contributed by atoms with Gasteiger partial charge in [-0.3, -0.25) is 4.79 Å². The molecular formula is C9H14N4OS2. The maximum absolute atomic E-state index is 12.0. The van der Waals surface area contributed by atoms with Crippen molar-refractivity contribution < 1.29 is 4.79 Å². The maximum Gasteiger partial charge on any atom is 0.267 e. The van der Waals surface area contributed by atoms with Gasteiger partial charge in [0, 0.05) is 19.5 Å². The highest BCUT2D eigenvalue weighted by molar-refractivity contribution is 7.80. The molecule has 0 aromatic carbocycles. The normalized spacial score (nSPS) is 12.2. The molecule has 1 aromatic rings. The van der Waals surface area contributed by atoms with Crippen LogP contribution in [0.2, 0.25) is 0 Å². The van der Waals surface area contributed by atoms with Crippen LogP contribution in [0.25, 0.3) is 0 Å². The highest BCUT2D eigenvalue weighted by Gasteiger charge is 2.21. The summed E-state index contributed by atoms with van der Waals surface area (Å²) in [5.41, 5.74) is 6.11. The summed E-state index contributed by atoms with van der Waals surface area (Å²) in [6.45, 7) is 3.67. The fourth-order valence-corrected chi connectivity index (χ4v) is 2.10. The SMILES string of the molecule is Cc1nnsc1C(=O)N(C)C(C)CC(N)=S. The van der Waals surface area contributed by atoms with E-state index in [9.17, 15) is 4.79 Å². The van der Waals surface area contributed by atoms with E-state index >= 15 is 0 Å². The van der Waals surface area contributed by atoms with Gasteiger partial charge in [-0.1, -0.05) is 16.7 Å². The topological polar surface area (TPSA) is 72.1 Å². The molecule has 0 saturated heterocycles. The van der Waals surface area contributed by atoms with E-state index in [-0.39, 0.29) is 11.9 Å². The second-order valence-corrected chi connectivity index (χ2v) is 4.90. The quantitative estimate of drug-likeness (QED) is 0.815. The molecule has 0 aliphatic carbocycles. The second kappa shape index (κ2) is 5.31. The predicted octanol–water partition coefficient (Wildman–Crippen LogP) is 0.983. The van der Waals surface area contributed by atoms with Crippen LogP contribution in [0.1, 0.15) is 28.7 Å². The van der Waals surface area contributed by atoms with Crippen LogP contribution >= 0.6 is 23.8 Å². The molecule has 1 amide bonds. The molecule has 0 aliphatic heterocycles. The van der Waals surface area contributed by atoms with Crippen molar-refractivity contribution in [3.63, 3.8) is 0 Å². The van der Waals surface area contributed by atoms with Crippen LogP contribution in [0.4, 0.5) is 0 Å². The van der Waals surface area contributed by atoms with Gasteiger partial charge in [-0.2, -0.15) is 0 Å². The highest BCUT2D eigenvalue weighted by Crippen LogP contribution is 2.14. The van der Waals surface area contributed by atoms with Gasteiger partial charge in [0.2, 0.25) is 0 Å². The molecule has 1 atom stereocenters. The first-order valence-electron chi connectivity index (χ1n) is 4.78. The number of aromatic nitrogens is 2. The molecule has 1 heterocycles. The van der Waals surface area contributed by atoms with Gasteiger partial charge in [-0.25, -0.2) is 0 Å². The van der Waals surface area contributed by atoms with Crippen molar-refractivity contribution >= 4 is 34.6 Å². The first kappa shape index (κ1) is 13.0. The Morgan fingerprint density at radius 1 is 1.69 bits per heavy atom. The van der Waals surface area contributed by atoms with E-state index in [1.165, 1.54) is 0 Å². The van der Waals surface area contributed by atoms with E-state index < -0.39 is 0 Å². The van der Waals surface area contributed by atoms with Crippen molar-refractivity contribution in [1.82, 2.24) is 14.5 Å². The number of nitrogens with two attached hydrogens (primary N) is 1. The number of nitrogens with zero attached hydrogens (tertiary/aromatic N) is 3. The van der Waals surface area contributed by atoms with Gasteiger partial charge in [-0.15, -0.1) is 5.10 Å². The Labute approximate surface area is 104 Å². The van der Waals surface area contributed by atoms with E-state index in [1.54, 1.807) is 18.9 Å². The summed E-state index contributed by atoms with van der Waals surface area (Å²) in [6.07, 6.45) is 0.517. The molecule has 0 aliphatic rings. The molecule has 0 radical (unpaired) electrons. The third-order valence-electron chi connectivity index (χ3n) is 2.32. The summed E-state index contributed by atoms with van der Waals surface area (Å²) in [7, 11) is 1.73. The van der Waals surface area contributed by atoms with Crippen molar-refractivity contribution in [3.05, 3.63) is 10.6 Å². The number of carbonyl (C=O) groups is 1. The van der Waals surface area contributed by atoms with E-state index in [0.29, 0.717) is 22.0 Å². The van der Waals surface area contributed by atoms with Gasteiger partial charge in [-0.05, 0) is 25.4 Å². The fourth-order valence-electron chi connectivity index (χ4n) is 1.22. The highest BCUT2D eigenvalue weighted by atomic mass is 32.1. The zero-order chi connectivity index (χ0) is 12.3. The average Bonchev–Trinajstić information content (AvgIpc) is 2.61. The number of aryl methyl sites for hydroxylation is 1. The zero-order valence-corrected chi connectivity index (χ0v) is 11.1. The predicted molar refractivity (Wildman–Crippen MR) is 67.6 cm³/mol. The van der Waals surface area contributed by atoms with E-state index in [0.717, 1.165) is 11.5 Å². The molecule has 1 aromatic heterocycles. The third-order valence-corrected chi connectivity index (χ3v) is 3.31. The molecular weight excluding hydrogens is 244 g/mol. The summed E-state index contributed by atoms with van der Waals surface area (Å²) in [5.74, 6) is -0.0868. The number of hydrogen-bond acceptors (Lipinski definition) is 5. The largest absolute Gasteiger partial charge is 0.393 e. The molecule has 1 rings (SSSR count). The van der Waals surface area contributed by atoms with Gasteiger partial charge in [0.25, 0.3) is 5.91 Å². The molecule has 5 nitrogen and oxygen atoms in total. The fraction of sp³-hybridized carbons (Fsp3) is 0.556. The van der Waals surface area contributed by atoms with E-state index in [2.05, 4.69) is 9.59 Å². The van der Waals surface area contributed by atoms with Gasteiger partial charge in [0.05, 0.1) is 10.7 Å². The first-order valence-corrected chi connectivity index (χ1v) is 5.96. The van der Waals surface area contributed by atoms with E-state index in [4.69, 9.17) is 18.0 Å². The maximum atomic E-state index is 12.0. The monoisotopic (exact) mass is 258 g/mol. The molecule has 0 spiro atoms. The van der Waals surface area contributed by atoms with Crippen LogP contribution in [0.3, 0.4) is 0 Å². The molecule has 1 unspecified atom stereocenters. The van der Waals surface area contributed by atoms with Crippen LogP contribution in [-0.2, 0) is 0 Å². The minimum Gasteiger partial charge on any atom is -0.393 e. The minimum absolute atomic E-state index is 0.0218. The lowest BCUT2D eigenvalue weighted by molar-refractivity contribution is 0.0752. The molecule has 0 bridgehead atoms. The summed E-state index contributed by atoms with van der Waals surface area (Å²) >= 11 is 5.93. The lowest BCUT2D eigenvalue weighted by atomic mass is 10.2. The summed E-state index contributed by atoms with van der Waals surface area (Å²) in [5, 5.41) is 3.81. The Bertz CT molecular complexity index is 404. The van der Waals surface area contributed by atoms with Crippen molar-refractivity contribution in [3.8, 4) is 0 Å². The number of rotatable bonds is 4. The summed E-state index contributed by atoms with van der Waals surface area (Å²) in [6, 6.07) is -0.0218. The average molecular weight is 258 g/mol. The van der Waals surface area contributed by atoms with Crippen molar-refractivity contribution in [2.75, 3.05) is 7.05 Å².